The maximum Gasteiger partial charge on any atom is 0.224 e. The van der Waals surface area contributed by atoms with Crippen LogP contribution in [-0.2, 0) is 0 Å². The second-order valence-electron chi connectivity index (χ2n) is 7.02. The van der Waals surface area contributed by atoms with Crippen LogP contribution in [0.5, 0.6) is 0 Å². The molecule has 6 nitrogen and oxygen atoms in total. The molecular formula is C26H10F2N6. The molecule has 3 aromatic carbocycles. The van der Waals surface area contributed by atoms with Crippen molar-refractivity contribution in [3.63, 3.8) is 0 Å². The van der Waals surface area contributed by atoms with E-state index in [9.17, 15) is 24.6 Å². The molecule has 1 aromatic heterocycles. The van der Waals surface area contributed by atoms with Crippen molar-refractivity contribution >= 4 is 5.69 Å². The third kappa shape index (κ3) is 3.92. The molecule has 0 radical (unpaired) electrons. The highest BCUT2D eigenvalue weighted by atomic mass is 19.1. The molecule has 34 heavy (non-hydrogen) atoms. The van der Waals surface area contributed by atoms with Gasteiger partial charge in [-0.25, -0.2) is 23.6 Å². The molecule has 0 aliphatic rings. The van der Waals surface area contributed by atoms with Crippen LogP contribution >= 0.6 is 0 Å². The van der Waals surface area contributed by atoms with Gasteiger partial charge in [0.15, 0.2) is 11.6 Å². The van der Waals surface area contributed by atoms with E-state index in [1.165, 1.54) is 30.3 Å². The molecule has 0 aliphatic carbocycles. The van der Waals surface area contributed by atoms with E-state index in [2.05, 4.69) is 14.8 Å². The molecule has 0 unspecified atom stereocenters. The third-order valence-corrected chi connectivity index (χ3v) is 4.96. The summed E-state index contributed by atoms with van der Waals surface area (Å²) < 4.78 is 28.6. The fourth-order valence-corrected chi connectivity index (χ4v) is 3.31. The summed E-state index contributed by atoms with van der Waals surface area (Å²) in [7, 11) is 0. The Kier molecular flexibility index (Phi) is 5.74. The van der Waals surface area contributed by atoms with Crippen LogP contribution in [0.15, 0.2) is 60.7 Å². The van der Waals surface area contributed by atoms with Gasteiger partial charge in [-0.05, 0) is 35.9 Å². The van der Waals surface area contributed by atoms with Gasteiger partial charge in [-0.1, -0.05) is 30.3 Å². The van der Waals surface area contributed by atoms with Gasteiger partial charge in [-0.2, -0.15) is 15.8 Å². The first-order valence-electron chi connectivity index (χ1n) is 9.69. The van der Waals surface area contributed by atoms with Gasteiger partial charge in [0.05, 0.1) is 34.7 Å². The number of benzene rings is 3. The van der Waals surface area contributed by atoms with Crippen molar-refractivity contribution in [1.29, 1.82) is 15.8 Å². The monoisotopic (exact) mass is 444 g/mol. The van der Waals surface area contributed by atoms with E-state index in [1.54, 1.807) is 42.5 Å². The minimum Gasteiger partial charge on any atom is -0.235 e. The molecule has 4 rings (SSSR count). The van der Waals surface area contributed by atoms with Crippen LogP contribution in [0.2, 0.25) is 0 Å². The molecular weight excluding hydrogens is 434 g/mol. The fourth-order valence-electron chi connectivity index (χ4n) is 3.31. The number of aromatic nitrogens is 2. The fraction of sp³-hybridized carbons (Fsp3) is 0. The Morgan fingerprint density at radius 1 is 0.676 bits per heavy atom. The van der Waals surface area contributed by atoms with Crippen LogP contribution in [-0.4, -0.2) is 9.97 Å². The summed E-state index contributed by atoms with van der Waals surface area (Å²) >= 11 is 0. The van der Waals surface area contributed by atoms with Gasteiger partial charge in [-0.15, -0.1) is 0 Å². The molecule has 0 amide bonds. The number of hydrogen-bond donors (Lipinski definition) is 0. The molecule has 0 saturated carbocycles. The molecule has 1 heterocycles. The Labute approximate surface area is 193 Å². The largest absolute Gasteiger partial charge is 0.235 e. The topological polar surface area (TPSA) is 102 Å². The number of rotatable bonds is 3. The summed E-state index contributed by atoms with van der Waals surface area (Å²) in [4.78, 5) is 12.2. The van der Waals surface area contributed by atoms with Crippen molar-refractivity contribution in [2.24, 2.45) is 0 Å². The lowest BCUT2D eigenvalue weighted by atomic mass is 10.0. The first kappa shape index (κ1) is 21.8. The first-order chi connectivity index (χ1) is 16.5. The lowest BCUT2D eigenvalue weighted by Gasteiger charge is -2.11. The molecule has 4 aromatic rings. The number of nitrogens with zero attached hydrogens (tertiary/aromatic N) is 6. The molecule has 0 spiro atoms. The normalized spacial score (nSPS) is 9.94. The van der Waals surface area contributed by atoms with Crippen LogP contribution in [0.25, 0.3) is 38.7 Å². The van der Waals surface area contributed by atoms with Crippen LogP contribution in [0.4, 0.5) is 14.5 Å². The van der Waals surface area contributed by atoms with E-state index >= 15 is 0 Å². The van der Waals surface area contributed by atoms with Crippen LogP contribution in [0.3, 0.4) is 0 Å². The molecule has 0 N–H and O–H groups in total. The molecule has 0 fully saturated rings. The predicted octanol–water partition coefficient (Wildman–Crippen LogP) is 5.92. The van der Waals surface area contributed by atoms with Crippen molar-refractivity contribution in [3.05, 3.63) is 100 Å². The van der Waals surface area contributed by atoms with Gasteiger partial charge in [0.2, 0.25) is 5.69 Å². The summed E-state index contributed by atoms with van der Waals surface area (Å²) in [5.41, 5.74) is 0.480. The van der Waals surface area contributed by atoms with Gasteiger partial charge in [-0.3, -0.25) is 0 Å². The highest BCUT2D eigenvalue weighted by molar-refractivity contribution is 5.76. The average Bonchev–Trinajstić information content (AvgIpc) is 2.89. The second-order valence-corrected chi connectivity index (χ2v) is 7.02. The maximum absolute atomic E-state index is 14.3. The average molecular weight is 444 g/mol. The van der Waals surface area contributed by atoms with Gasteiger partial charge in [0.1, 0.15) is 24.0 Å². The lowest BCUT2D eigenvalue weighted by molar-refractivity contribution is 0.620. The Hall–Kier alpha value is -5.44. The summed E-state index contributed by atoms with van der Waals surface area (Å²) in [5, 5.41) is 27.9. The van der Waals surface area contributed by atoms with Crippen molar-refractivity contribution in [2.45, 2.75) is 0 Å². The van der Waals surface area contributed by atoms with Crippen LogP contribution in [0, 0.1) is 52.2 Å². The minimum atomic E-state index is -0.926. The number of nitriles is 3. The van der Waals surface area contributed by atoms with Crippen LogP contribution in [0.1, 0.15) is 16.7 Å². The SMILES string of the molecule is [C-]#[N+]c1cc(-c2cc(-c3cc(C#N)c(F)c(C#N)c3)nc(-c3ccccc3)n2)cc(C#N)c1F. The van der Waals surface area contributed by atoms with E-state index in [0.717, 1.165) is 0 Å². The van der Waals surface area contributed by atoms with Gasteiger partial charge in [0.25, 0.3) is 0 Å². The van der Waals surface area contributed by atoms with Crippen molar-refractivity contribution in [1.82, 2.24) is 9.97 Å². The highest BCUT2D eigenvalue weighted by Gasteiger charge is 2.17. The quantitative estimate of drug-likeness (QED) is 0.365. The van der Waals surface area contributed by atoms with Crippen LogP contribution < -0.4 is 0 Å². The van der Waals surface area contributed by atoms with E-state index < -0.39 is 11.6 Å². The molecule has 0 bridgehead atoms. The number of halogens is 2. The van der Waals surface area contributed by atoms with E-state index in [1.807, 2.05) is 6.07 Å². The minimum absolute atomic E-state index is 0.265. The Morgan fingerprint density at radius 2 is 1.18 bits per heavy atom. The second kappa shape index (κ2) is 8.97. The predicted molar refractivity (Wildman–Crippen MR) is 119 cm³/mol. The summed E-state index contributed by atoms with van der Waals surface area (Å²) in [6.07, 6.45) is 0. The molecule has 8 heteroatoms. The van der Waals surface area contributed by atoms with E-state index in [4.69, 9.17) is 6.57 Å². The lowest BCUT2D eigenvalue weighted by Crippen LogP contribution is -1.98. The Morgan fingerprint density at radius 3 is 1.68 bits per heavy atom. The highest BCUT2D eigenvalue weighted by Crippen LogP contribution is 2.33. The van der Waals surface area contributed by atoms with E-state index in [0.29, 0.717) is 16.7 Å². The third-order valence-electron chi connectivity index (χ3n) is 4.96. The standard InChI is InChI=1S/C26H10F2N6/c1-32-23-10-17(9-20(14-31)25(23)28)22-11-21(33-26(34-22)15-5-3-2-4-6-15)16-7-18(12-29)24(27)19(8-16)13-30/h2-11H. The molecule has 0 atom stereocenters. The van der Waals surface area contributed by atoms with Crippen molar-refractivity contribution in [2.75, 3.05) is 0 Å². The summed E-state index contributed by atoms with van der Waals surface area (Å²) in [5.74, 6) is -1.58. The molecule has 158 valence electrons. The Balaban J connectivity index is 2.03. The van der Waals surface area contributed by atoms with E-state index in [-0.39, 0.29) is 39.6 Å². The molecule has 0 aliphatic heterocycles. The molecule has 0 saturated heterocycles. The summed E-state index contributed by atoms with van der Waals surface area (Å²) in [6.45, 7) is 7.22. The zero-order valence-corrected chi connectivity index (χ0v) is 17.2. The van der Waals surface area contributed by atoms with Gasteiger partial charge < -0.3 is 0 Å². The number of hydrogen-bond acceptors (Lipinski definition) is 5. The zero-order chi connectivity index (χ0) is 24.2. The summed E-state index contributed by atoms with van der Waals surface area (Å²) in [6, 6.07) is 20.7. The van der Waals surface area contributed by atoms with Crippen molar-refractivity contribution < 1.29 is 8.78 Å². The van der Waals surface area contributed by atoms with Crippen molar-refractivity contribution in [3.8, 4) is 52.1 Å². The zero-order valence-electron chi connectivity index (χ0n) is 17.2. The smallest absolute Gasteiger partial charge is 0.224 e. The Bertz CT molecular complexity index is 1450. The van der Waals surface area contributed by atoms with Gasteiger partial charge >= 0.3 is 0 Å². The first-order valence-corrected chi connectivity index (χ1v) is 9.69. The maximum atomic E-state index is 14.3. The van der Waals surface area contributed by atoms with Gasteiger partial charge in [0, 0.05) is 11.1 Å².